The Morgan fingerprint density at radius 2 is 0.589 bits per heavy atom. The molecule has 0 amide bonds. The van der Waals surface area contributed by atoms with E-state index in [1.807, 2.05) is 140 Å². The Bertz CT molecular complexity index is 5390. The molecule has 422 valence electrons. The zero-order valence-corrected chi connectivity index (χ0v) is 48.5. The van der Waals surface area contributed by atoms with Crippen LogP contribution in [0.3, 0.4) is 0 Å². The first-order valence-corrected chi connectivity index (χ1v) is 30.0. The molecule has 0 atom stereocenters. The van der Waals surface area contributed by atoms with E-state index < -0.39 is 0 Å². The highest BCUT2D eigenvalue weighted by atomic mass is 16.3. The van der Waals surface area contributed by atoms with Crippen molar-refractivity contribution in [1.82, 2.24) is 29.9 Å². The first kappa shape index (κ1) is 53.2. The van der Waals surface area contributed by atoms with Crippen molar-refractivity contribution in [3.63, 3.8) is 0 Å². The van der Waals surface area contributed by atoms with Crippen molar-refractivity contribution < 1.29 is 8.83 Å². The predicted molar refractivity (Wildman–Crippen MR) is 366 cm³/mol. The number of hydrogen-bond acceptors (Lipinski definition) is 8. The summed E-state index contributed by atoms with van der Waals surface area (Å²) in [6, 6.07) is 108. The van der Waals surface area contributed by atoms with E-state index >= 15 is 0 Å². The Balaban J connectivity index is 0.000000145. The van der Waals surface area contributed by atoms with Crippen LogP contribution in [0.2, 0.25) is 0 Å². The number of aromatic nitrogens is 6. The first-order chi connectivity index (χ1) is 44.6. The zero-order valence-electron chi connectivity index (χ0n) is 48.5. The summed E-state index contributed by atoms with van der Waals surface area (Å²) in [5.74, 6) is 3.72. The van der Waals surface area contributed by atoms with Crippen LogP contribution in [0.4, 0.5) is 0 Å². The van der Waals surface area contributed by atoms with Gasteiger partial charge >= 0.3 is 0 Å². The SMILES string of the molecule is c1ccc(-c2ccc(-c3c(-c4nc(-c5ccccc5)nc(-c5ccccc5)n4)ccc4oc5ccccc5c34)cc2)cc1.c1ccc(-c2nc(-c3ccc(-c4ccc5ccccc5c4)cc3)nc(-c3ccc4c(c3)oc3cccc(-c5ccccc5)c34)n2)cc1. The average Bonchev–Trinajstić information content (AvgIpc) is 1.79. The largest absolute Gasteiger partial charge is 0.456 e. The van der Waals surface area contributed by atoms with Gasteiger partial charge < -0.3 is 8.83 Å². The molecule has 0 saturated heterocycles. The molecule has 0 radical (unpaired) electrons. The molecule has 0 aliphatic rings. The Kier molecular flexibility index (Phi) is 13.7. The summed E-state index contributed by atoms with van der Waals surface area (Å²) in [7, 11) is 0. The lowest BCUT2D eigenvalue weighted by atomic mass is 9.92. The lowest BCUT2D eigenvalue weighted by Gasteiger charge is -2.14. The van der Waals surface area contributed by atoms with Crippen molar-refractivity contribution >= 4 is 54.6 Å². The molecule has 0 unspecified atom stereocenters. The van der Waals surface area contributed by atoms with E-state index in [1.165, 1.54) is 21.9 Å². The lowest BCUT2D eigenvalue weighted by molar-refractivity contribution is 0.668. The average molecular weight is 1150 g/mol. The molecule has 17 aromatic rings. The van der Waals surface area contributed by atoms with E-state index in [4.69, 9.17) is 38.7 Å². The van der Waals surface area contributed by atoms with Crippen molar-refractivity contribution in [1.29, 1.82) is 0 Å². The van der Waals surface area contributed by atoms with Gasteiger partial charge in [0.15, 0.2) is 34.9 Å². The maximum atomic E-state index is 6.42. The number of benzene rings is 13. The third-order valence-corrected chi connectivity index (χ3v) is 16.5. The predicted octanol–water partition coefficient (Wildman–Crippen LogP) is 21.4. The molecule has 0 saturated carbocycles. The second-order valence-corrected chi connectivity index (χ2v) is 22.1. The molecular formula is C82H52N6O2. The van der Waals surface area contributed by atoms with E-state index in [0.29, 0.717) is 34.9 Å². The highest BCUT2D eigenvalue weighted by Crippen LogP contribution is 2.44. The quantitative estimate of drug-likeness (QED) is 0.133. The van der Waals surface area contributed by atoms with Crippen LogP contribution in [0.25, 0.3) is 167 Å². The van der Waals surface area contributed by atoms with Gasteiger partial charge in [0.25, 0.3) is 0 Å². The first-order valence-electron chi connectivity index (χ1n) is 30.0. The molecule has 4 aromatic heterocycles. The molecule has 0 bridgehead atoms. The van der Waals surface area contributed by atoms with Gasteiger partial charge in [0.2, 0.25) is 0 Å². The molecule has 0 N–H and O–H groups in total. The normalized spacial score (nSPS) is 11.3. The fraction of sp³-hybridized carbons (Fsp3) is 0. The highest BCUT2D eigenvalue weighted by Gasteiger charge is 2.22. The molecule has 13 aromatic carbocycles. The summed E-state index contributed by atoms with van der Waals surface area (Å²) in [6.07, 6.45) is 0. The number of nitrogens with zero attached hydrogens (tertiary/aromatic N) is 6. The Hall–Kier alpha value is -12.3. The number of hydrogen-bond donors (Lipinski definition) is 0. The molecule has 17 rings (SSSR count). The van der Waals surface area contributed by atoms with Crippen LogP contribution in [0.1, 0.15) is 0 Å². The van der Waals surface area contributed by atoms with Gasteiger partial charge in [-0.3, -0.25) is 0 Å². The minimum absolute atomic E-state index is 0.595. The molecule has 0 spiro atoms. The van der Waals surface area contributed by atoms with Gasteiger partial charge in [-0.1, -0.05) is 273 Å². The van der Waals surface area contributed by atoms with Crippen molar-refractivity contribution in [2.24, 2.45) is 0 Å². The Morgan fingerprint density at radius 3 is 1.20 bits per heavy atom. The molecular weight excluding hydrogens is 1100 g/mol. The van der Waals surface area contributed by atoms with Crippen molar-refractivity contribution in [3.05, 3.63) is 315 Å². The fourth-order valence-corrected chi connectivity index (χ4v) is 12.0. The third-order valence-electron chi connectivity index (χ3n) is 16.5. The van der Waals surface area contributed by atoms with Gasteiger partial charge in [-0.05, 0) is 92.2 Å². The topological polar surface area (TPSA) is 104 Å². The molecule has 4 heterocycles. The van der Waals surface area contributed by atoms with Gasteiger partial charge in [-0.15, -0.1) is 0 Å². The molecule has 90 heavy (non-hydrogen) atoms. The van der Waals surface area contributed by atoms with E-state index in [1.54, 1.807) is 0 Å². The van der Waals surface area contributed by atoms with Crippen LogP contribution >= 0.6 is 0 Å². The van der Waals surface area contributed by atoms with Gasteiger partial charge in [0.05, 0.1) is 0 Å². The van der Waals surface area contributed by atoms with Crippen molar-refractivity contribution in [3.8, 4) is 113 Å². The number of furan rings is 2. The maximum absolute atomic E-state index is 6.42. The van der Waals surface area contributed by atoms with Crippen LogP contribution in [-0.4, -0.2) is 29.9 Å². The third kappa shape index (κ3) is 10.3. The van der Waals surface area contributed by atoms with E-state index in [-0.39, 0.29) is 0 Å². The van der Waals surface area contributed by atoms with Crippen LogP contribution < -0.4 is 0 Å². The van der Waals surface area contributed by atoms with E-state index in [9.17, 15) is 0 Å². The number of rotatable bonds is 10. The second kappa shape index (κ2) is 23.2. The summed E-state index contributed by atoms with van der Waals surface area (Å²) in [5, 5.41) is 6.72. The van der Waals surface area contributed by atoms with Gasteiger partial charge in [-0.25, -0.2) is 29.9 Å². The van der Waals surface area contributed by atoms with Crippen LogP contribution in [0, 0.1) is 0 Å². The van der Waals surface area contributed by atoms with Crippen LogP contribution in [-0.2, 0) is 0 Å². The van der Waals surface area contributed by atoms with Crippen LogP contribution in [0.15, 0.2) is 324 Å². The van der Waals surface area contributed by atoms with Gasteiger partial charge in [-0.2, -0.15) is 0 Å². The van der Waals surface area contributed by atoms with Crippen LogP contribution in [0.5, 0.6) is 0 Å². The summed E-state index contributed by atoms with van der Waals surface area (Å²) < 4.78 is 12.7. The molecule has 0 aliphatic carbocycles. The highest BCUT2D eigenvalue weighted by molar-refractivity contribution is 6.16. The standard InChI is InChI=1S/C43H27N3O.C39H25N3O/c1-3-11-30(12-4-1)36-16-9-17-38-40(36)37-25-24-35(27-39(37)47-38)43-45-41(31-13-5-2-6-14-31)44-42(46-43)32-21-18-29(19-22-32)34-23-20-28-10-7-8-15-33(28)26-34;1-4-12-26(13-5-1)27-20-22-28(23-21-27)35-32(24-25-34-36(35)31-18-10-11-19-33(31)43-34)39-41-37(29-14-6-2-7-15-29)40-38(42-39)30-16-8-3-9-17-30/h1-27H;1-25H. The zero-order chi connectivity index (χ0) is 59.7. The van der Waals surface area contributed by atoms with Crippen molar-refractivity contribution in [2.45, 2.75) is 0 Å². The van der Waals surface area contributed by atoms with Gasteiger partial charge in [0, 0.05) is 60.5 Å². The fourth-order valence-electron chi connectivity index (χ4n) is 12.0. The minimum atomic E-state index is 0.595. The summed E-state index contributed by atoms with van der Waals surface area (Å²) in [6.45, 7) is 0. The van der Waals surface area contributed by atoms with E-state index in [0.717, 1.165) is 111 Å². The summed E-state index contributed by atoms with van der Waals surface area (Å²) >= 11 is 0. The summed E-state index contributed by atoms with van der Waals surface area (Å²) in [5.41, 5.74) is 17.9. The Morgan fingerprint density at radius 1 is 0.189 bits per heavy atom. The minimum Gasteiger partial charge on any atom is -0.456 e. The Labute approximate surface area is 518 Å². The molecule has 0 fully saturated rings. The number of para-hydroxylation sites is 1. The number of fused-ring (bicyclic) bond motifs is 7. The van der Waals surface area contributed by atoms with Crippen molar-refractivity contribution in [2.75, 3.05) is 0 Å². The monoisotopic (exact) mass is 1150 g/mol. The lowest BCUT2D eigenvalue weighted by Crippen LogP contribution is -2.01. The molecule has 0 aliphatic heterocycles. The molecule has 8 nitrogen and oxygen atoms in total. The van der Waals surface area contributed by atoms with Gasteiger partial charge in [0.1, 0.15) is 22.3 Å². The molecule has 8 heteroatoms. The smallest absolute Gasteiger partial charge is 0.164 e. The second-order valence-electron chi connectivity index (χ2n) is 22.1. The van der Waals surface area contributed by atoms with E-state index in [2.05, 4.69) is 176 Å². The maximum Gasteiger partial charge on any atom is 0.164 e. The summed E-state index contributed by atoms with van der Waals surface area (Å²) in [4.78, 5) is 29.9.